The van der Waals surface area contributed by atoms with Crippen LogP contribution in [0.3, 0.4) is 0 Å². The third-order valence-electron chi connectivity index (χ3n) is 4.38. The second-order valence-corrected chi connectivity index (χ2v) is 6.01. The molecule has 0 amide bonds. The van der Waals surface area contributed by atoms with Gasteiger partial charge in [-0.3, -0.25) is 4.90 Å². The van der Waals surface area contributed by atoms with Gasteiger partial charge in [-0.25, -0.2) is 4.98 Å². The minimum Gasteiger partial charge on any atom is -0.496 e. The van der Waals surface area contributed by atoms with Gasteiger partial charge < -0.3 is 15.4 Å². The van der Waals surface area contributed by atoms with Crippen molar-refractivity contribution in [2.45, 2.75) is 0 Å². The number of hydrogen-bond acceptors (Lipinski definition) is 7. The predicted molar refractivity (Wildman–Crippen MR) is 102 cm³/mol. The van der Waals surface area contributed by atoms with E-state index in [9.17, 15) is 0 Å². The molecular weight excluding hydrogens is 328 g/mol. The number of nitriles is 1. The number of para-hydroxylation sites is 1. The molecule has 0 radical (unpaired) electrons. The highest BCUT2D eigenvalue weighted by Gasteiger charge is 2.18. The fraction of sp³-hybridized carbons (Fsp3) is 0.316. The second kappa shape index (κ2) is 8.32. The number of nitrogens with zero attached hydrogens (tertiary/aromatic N) is 5. The van der Waals surface area contributed by atoms with Gasteiger partial charge in [-0.1, -0.05) is 30.4 Å². The lowest BCUT2D eigenvalue weighted by atomic mass is 10.2. The van der Waals surface area contributed by atoms with E-state index in [1.54, 1.807) is 7.11 Å². The second-order valence-electron chi connectivity index (χ2n) is 6.01. The molecule has 2 aromatic rings. The van der Waals surface area contributed by atoms with Crippen LogP contribution >= 0.6 is 0 Å². The van der Waals surface area contributed by atoms with E-state index in [4.69, 9.17) is 15.7 Å². The highest BCUT2D eigenvalue weighted by molar-refractivity contribution is 5.57. The summed E-state index contributed by atoms with van der Waals surface area (Å²) >= 11 is 0. The van der Waals surface area contributed by atoms with Crippen molar-refractivity contribution in [1.29, 1.82) is 5.26 Å². The van der Waals surface area contributed by atoms with Gasteiger partial charge in [0.05, 0.1) is 13.3 Å². The minimum atomic E-state index is 0.236. The molecule has 1 fully saturated rings. The summed E-state index contributed by atoms with van der Waals surface area (Å²) in [7, 11) is 1.68. The Balaban J connectivity index is 1.53. The van der Waals surface area contributed by atoms with Crippen LogP contribution in [0.4, 0.5) is 11.8 Å². The van der Waals surface area contributed by atoms with Crippen LogP contribution in [0.25, 0.3) is 6.08 Å². The van der Waals surface area contributed by atoms with Crippen molar-refractivity contribution in [2.75, 3.05) is 50.5 Å². The Bertz CT molecular complexity index is 821. The molecule has 1 aromatic carbocycles. The maximum atomic E-state index is 8.91. The van der Waals surface area contributed by atoms with Crippen molar-refractivity contribution in [3.8, 4) is 11.8 Å². The van der Waals surface area contributed by atoms with E-state index in [0.29, 0.717) is 11.5 Å². The van der Waals surface area contributed by atoms with Gasteiger partial charge in [-0.05, 0) is 6.07 Å². The summed E-state index contributed by atoms with van der Waals surface area (Å²) in [6.45, 7) is 4.36. The fourth-order valence-corrected chi connectivity index (χ4v) is 2.89. The largest absolute Gasteiger partial charge is 0.496 e. The van der Waals surface area contributed by atoms with Crippen LogP contribution in [-0.2, 0) is 0 Å². The van der Waals surface area contributed by atoms with Gasteiger partial charge in [0.1, 0.15) is 23.2 Å². The number of nitrogen functional groups attached to an aromatic ring is 1. The Kier molecular flexibility index (Phi) is 5.66. The molecule has 1 saturated heterocycles. The van der Waals surface area contributed by atoms with Crippen LogP contribution in [0.5, 0.6) is 5.75 Å². The summed E-state index contributed by atoms with van der Waals surface area (Å²) in [6, 6.07) is 9.96. The molecule has 1 aliphatic heterocycles. The number of rotatable bonds is 5. The highest BCUT2D eigenvalue weighted by atomic mass is 16.5. The van der Waals surface area contributed by atoms with Gasteiger partial charge in [0.25, 0.3) is 0 Å². The fourth-order valence-electron chi connectivity index (χ4n) is 2.89. The van der Waals surface area contributed by atoms with Crippen LogP contribution in [-0.4, -0.2) is 54.7 Å². The zero-order chi connectivity index (χ0) is 18.4. The number of ether oxygens (including phenoxy) is 1. The third kappa shape index (κ3) is 4.10. The molecule has 0 saturated carbocycles. The van der Waals surface area contributed by atoms with Gasteiger partial charge >= 0.3 is 0 Å². The van der Waals surface area contributed by atoms with Crippen molar-refractivity contribution in [3.63, 3.8) is 0 Å². The lowest BCUT2D eigenvalue weighted by molar-refractivity contribution is 0.283. The summed E-state index contributed by atoms with van der Waals surface area (Å²) in [4.78, 5) is 12.9. The number of nitrogens with two attached hydrogens (primary N) is 1. The van der Waals surface area contributed by atoms with Crippen molar-refractivity contribution >= 4 is 17.8 Å². The molecular formula is C19H22N6O. The number of aromatic nitrogens is 2. The summed E-state index contributed by atoms with van der Waals surface area (Å²) in [6.07, 6.45) is 5.74. The van der Waals surface area contributed by atoms with Gasteiger partial charge in [0.2, 0.25) is 5.95 Å². The quantitative estimate of drug-likeness (QED) is 0.879. The Hall–Kier alpha value is -3.11. The molecule has 0 atom stereocenters. The van der Waals surface area contributed by atoms with E-state index in [1.807, 2.05) is 30.3 Å². The van der Waals surface area contributed by atoms with Crippen LogP contribution in [0.15, 0.2) is 36.5 Å². The average Bonchev–Trinajstić information content (AvgIpc) is 2.69. The first kappa shape index (κ1) is 17.7. The van der Waals surface area contributed by atoms with E-state index >= 15 is 0 Å². The normalized spacial score (nSPS) is 15.2. The van der Waals surface area contributed by atoms with Crippen LogP contribution in [0, 0.1) is 11.3 Å². The molecule has 26 heavy (non-hydrogen) atoms. The molecule has 2 heterocycles. The van der Waals surface area contributed by atoms with E-state index in [0.717, 1.165) is 44.0 Å². The van der Waals surface area contributed by atoms with Gasteiger partial charge in [-0.2, -0.15) is 10.2 Å². The number of anilines is 2. The Morgan fingerprint density at radius 1 is 1.27 bits per heavy atom. The highest BCUT2D eigenvalue weighted by Crippen LogP contribution is 2.19. The monoisotopic (exact) mass is 350 g/mol. The van der Waals surface area contributed by atoms with Gasteiger partial charge in [0.15, 0.2) is 0 Å². The van der Waals surface area contributed by atoms with Crippen LogP contribution in [0.2, 0.25) is 0 Å². The molecule has 2 N–H and O–H groups in total. The third-order valence-corrected chi connectivity index (χ3v) is 4.38. The lowest BCUT2D eigenvalue weighted by Crippen LogP contribution is -2.47. The van der Waals surface area contributed by atoms with E-state index in [-0.39, 0.29) is 5.82 Å². The SMILES string of the molecule is COc1ccccc1/C=C/CN1CCN(c2ncc(C#N)c(N)n2)CC1. The first-order chi connectivity index (χ1) is 12.7. The number of benzene rings is 1. The predicted octanol–water partition coefficient (Wildman–Crippen LogP) is 1.77. The molecule has 1 aliphatic rings. The van der Waals surface area contributed by atoms with Crippen molar-refractivity contribution in [3.05, 3.63) is 47.7 Å². The maximum absolute atomic E-state index is 8.91. The summed E-state index contributed by atoms with van der Waals surface area (Å²) in [5.41, 5.74) is 7.17. The summed E-state index contributed by atoms with van der Waals surface area (Å²) in [5, 5.41) is 8.91. The standard InChI is InChI=1S/C19H22N6O/c1-26-17-7-3-2-5-15(17)6-4-8-24-9-11-25(12-10-24)19-22-14-16(13-20)18(21)23-19/h2-7,14H,8-12H2,1H3,(H2,21,22,23)/b6-4+. The first-order valence-corrected chi connectivity index (χ1v) is 8.50. The molecule has 134 valence electrons. The number of piperazine rings is 1. The van der Waals surface area contributed by atoms with Crippen molar-refractivity contribution in [1.82, 2.24) is 14.9 Å². The van der Waals surface area contributed by atoms with E-state index in [2.05, 4.69) is 31.9 Å². The molecule has 7 nitrogen and oxygen atoms in total. The van der Waals surface area contributed by atoms with Gasteiger partial charge in [0, 0.05) is 38.3 Å². The molecule has 1 aromatic heterocycles. The lowest BCUT2D eigenvalue weighted by Gasteiger charge is -2.34. The topological polar surface area (TPSA) is 91.3 Å². The zero-order valence-corrected chi connectivity index (χ0v) is 14.8. The molecule has 0 bridgehead atoms. The molecule has 0 unspecified atom stereocenters. The van der Waals surface area contributed by atoms with E-state index in [1.165, 1.54) is 6.20 Å². The first-order valence-electron chi connectivity index (χ1n) is 8.50. The molecule has 0 spiro atoms. The average molecular weight is 350 g/mol. The Morgan fingerprint density at radius 2 is 2.04 bits per heavy atom. The zero-order valence-electron chi connectivity index (χ0n) is 14.8. The van der Waals surface area contributed by atoms with Crippen molar-refractivity contribution in [2.24, 2.45) is 0 Å². The Labute approximate surface area is 153 Å². The van der Waals surface area contributed by atoms with Crippen molar-refractivity contribution < 1.29 is 4.74 Å². The smallest absolute Gasteiger partial charge is 0.227 e. The van der Waals surface area contributed by atoms with E-state index < -0.39 is 0 Å². The minimum absolute atomic E-state index is 0.236. The number of hydrogen-bond donors (Lipinski definition) is 1. The van der Waals surface area contributed by atoms with Crippen LogP contribution < -0.4 is 15.4 Å². The molecule has 3 rings (SSSR count). The summed E-state index contributed by atoms with van der Waals surface area (Å²) < 4.78 is 5.36. The Morgan fingerprint density at radius 3 is 2.73 bits per heavy atom. The maximum Gasteiger partial charge on any atom is 0.227 e. The molecule has 7 heteroatoms. The van der Waals surface area contributed by atoms with Gasteiger partial charge in [-0.15, -0.1) is 0 Å². The van der Waals surface area contributed by atoms with Crippen LogP contribution in [0.1, 0.15) is 11.1 Å². The number of methoxy groups -OCH3 is 1. The summed E-state index contributed by atoms with van der Waals surface area (Å²) in [5.74, 6) is 1.70. The molecule has 0 aliphatic carbocycles.